The molecule has 19 heavy (non-hydrogen) atoms. The molecule has 0 bridgehead atoms. The van der Waals surface area contributed by atoms with Gasteiger partial charge in [-0.3, -0.25) is 4.99 Å². The van der Waals surface area contributed by atoms with Crippen LogP contribution in [0.4, 0.5) is 0 Å². The maximum atomic E-state index is 4.70. The Labute approximate surface area is 123 Å². The predicted molar refractivity (Wildman–Crippen MR) is 86.9 cm³/mol. The Balaban J connectivity index is 1.76. The number of hydrogen-bond donors (Lipinski definition) is 1. The molecule has 110 valence electrons. The van der Waals surface area contributed by atoms with Crippen molar-refractivity contribution in [2.24, 2.45) is 15.8 Å². The molecule has 0 radical (unpaired) electrons. The Morgan fingerprint density at radius 2 is 2.00 bits per heavy atom. The van der Waals surface area contributed by atoms with E-state index in [1.165, 1.54) is 43.7 Å². The molecule has 0 aromatic carbocycles. The molecule has 0 spiro atoms. The van der Waals surface area contributed by atoms with Gasteiger partial charge >= 0.3 is 0 Å². The third-order valence-electron chi connectivity index (χ3n) is 4.59. The van der Waals surface area contributed by atoms with Gasteiger partial charge in [0, 0.05) is 11.8 Å². The maximum absolute atomic E-state index is 4.70. The lowest BCUT2D eigenvalue weighted by Crippen LogP contribution is -2.34. The Morgan fingerprint density at radius 3 is 2.58 bits per heavy atom. The summed E-state index contributed by atoms with van der Waals surface area (Å²) < 4.78 is 0. The molecule has 1 aliphatic carbocycles. The predicted octanol–water partition coefficient (Wildman–Crippen LogP) is 4.45. The van der Waals surface area contributed by atoms with Gasteiger partial charge in [-0.1, -0.05) is 52.3 Å². The fourth-order valence-corrected chi connectivity index (χ4v) is 4.70. The Morgan fingerprint density at radius 1 is 1.32 bits per heavy atom. The molecule has 0 saturated heterocycles. The van der Waals surface area contributed by atoms with E-state index in [0.29, 0.717) is 16.1 Å². The second-order valence-corrected chi connectivity index (χ2v) is 8.85. The minimum Gasteiger partial charge on any atom is -0.364 e. The van der Waals surface area contributed by atoms with Crippen LogP contribution >= 0.6 is 11.8 Å². The van der Waals surface area contributed by atoms with Crippen molar-refractivity contribution in [3.8, 4) is 0 Å². The minimum absolute atomic E-state index is 0.415. The van der Waals surface area contributed by atoms with Crippen LogP contribution in [0.5, 0.6) is 0 Å². The Hall–Kier alpha value is -0.180. The molecule has 0 amide bonds. The largest absolute Gasteiger partial charge is 0.364 e. The lowest BCUT2D eigenvalue weighted by atomic mass is 9.83. The van der Waals surface area contributed by atoms with E-state index in [2.05, 4.69) is 33.0 Å². The van der Waals surface area contributed by atoms with Crippen LogP contribution < -0.4 is 5.32 Å². The van der Waals surface area contributed by atoms with Crippen molar-refractivity contribution in [3.05, 3.63) is 0 Å². The number of aliphatic imine (C=N–C) groups is 1. The van der Waals surface area contributed by atoms with Gasteiger partial charge in [0.15, 0.2) is 5.17 Å². The van der Waals surface area contributed by atoms with Gasteiger partial charge in [-0.25, -0.2) is 0 Å². The monoisotopic (exact) mass is 282 g/mol. The topological polar surface area (TPSA) is 24.4 Å². The van der Waals surface area contributed by atoms with Crippen LogP contribution in [0, 0.1) is 10.8 Å². The molecule has 2 aliphatic rings. The zero-order chi connectivity index (χ0) is 13.9. The SMILES string of the molecule is CCC1(CNC2=NCC(CC(C)(C)C)S2)CCCC1. The minimum atomic E-state index is 0.415. The van der Waals surface area contributed by atoms with Gasteiger partial charge < -0.3 is 5.32 Å². The highest BCUT2D eigenvalue weighted by Gasteiger charge is 2.33. The van der Waals surface area contributed by atoms with E-state index in [1.54, 1.807) is 0 Å². The summed E-state index contributed by atoms with van der Waals surface area (Å²) in [6.07, 6.45) is 8.21. The van der Waals surface area contributed by atoms with Gasteiger partial charge in [0.1, 0.15) is 0 Å². The molecule has 1 heterocycles. The third kappa shape index (κ3) is 4.40. The normalized spacial score (nSPS) is 26.5. The highest BCUT2D eigenvalue weighted by molar-refractivity contribution is 8.14. The number of nitrogens with zero attached hydrogens (tertiary/aromatic N) is 1. The van der Waals surface area contributed by atoms with Crippen molar-refractivity contribution >= 4 is 16.9 Å². The number of thioether (sulfide) groups is 1. The summed E-state index contributed by atoms with van der Waals surface area (Å²) >= 11 is 1.97. The van der Waals surface area contributed by atoms with Crippen LogP contribution in [-0.4, -0.2) is 23.5 Å². The van der Waals surface area contributed by atoms with E-state index < -0.39 is 0 Å². The van der Waals surface area contributed by atoms with Crippen molar-refractivity contribution < 1.29 is 0 Å². The first-order chi connectivity index (χ1) is 8.92. The number of hydrogen-bond acceptors (Lipinski definition) is 3. The Bertz CT molecular complexity index is 324. The second-order valence-electron chi connectivity index (χ2n) is 7.56. The highest BCUT2D eigenvalue weighted by Crippen LogP contribution is 2.40. The van der Waals surface area contributed by atoms with Crippen LogP contribution in [0.15, 0.2) is 4.99 Å². The number of amidine groups is 1. The first-order valence-electron chi connectivity index (χ1n) is 7.87. The van der Waals surface area contributed by atoms with Crippen molar-refractivity contribution in [1.82, 2.24) is 5.32 Å². The van der Waals surface area contributed by atoms with Crippen LogP contribution in [0.2, 0.25) is 0 Å². The Kier molecular flexibility index (Phi) is 4.86. The van der Waals surface area contributed by atoms with E-state index in [9.17, 15) is 0 Å². The third-order valence-corrected chi connectivity index (χ3v) is 5.73. The first-order valence-corrected chi connectivity index (χ1v) is 8.75. The molecular formula is C16H30N2S. The van der Waals surface area contributed by atoms with Crippen LogP contribution in [0.3, 0.4) is 0 Å². The summed E-state index contributed by atoms with van der Waals surface area (Å²) in [5, 5.41) is 5.53. The number of nitrogens with one attached hydrogen (secondary N) is 1. The molecule has 1 atom stereocenters. The summed E-state index contributed by atoms with van der Waals surface area (Å²) in [7, 11) is 0. The summed E-state index contributed by atoms with van der Waals surface area (Å²) in [4.78, 5) is 4.70. The summed E-state index contributed by atoms with van der Waals surface area (Å²) in [5.41, 5.74) is 0.976. The molecule has 3 heteroatoms. The molecule has 1 fully saturated rings. The van der Waals surface area contributed by atoms with Crippen molar-refractivity contribution in [2.45, 2.75) is 71.5 Å². The molecule has 0 aromatic rings. The molecule has 2 nitrogen and oxygen atoms in total. The zero-order valence-electron chi connectivity index (χ0n) is 13.1. The second kappa shape index (κ2) is 6.07. The van der Waals surface area contributed by atoms with Crippen LogP contribution in [-0.2, 0) is 0 Å². The van der Waals surface area contributed by atoms with E-state index in [-0.39, 0.29) is 0 Å². The molecule has 1 N–H and O–H groups in total. The van der Waals surface area contributed by atoms with Crippen molar-refractivity contribution in [2.75, 3.05) is 13.1 Å². The van der Waals surface area contributed by atoms with Gasteiger partial charge in [-0.15, -0.1) is 0 Å². The van der Waals surface area contributed by atoms with E-state index >= 15 is 0 Å². The quantitative estimate of drug-likeness (QED) is 0.823. The van der Waals surface area contributed by atoms with Crippen molar-refractivity contribution in [3.63, 3.8) is 0 Å². The summed E-state index contributed by atoms with van der Waals surface area (Å²) in [6.45, 7) is 11.5. The van der Waals surface area contributed by atoms with Gasteiger partial charge in [-0.2, -0.15) is 0 Å². The number of rotatable bonds is 4. The van der Waals surface area contributed by atoms with E-state index in [4.69, 9.17) is 4.99 Å². The fourth-order valence-electron chi connectivity index (χ4n) is 3.35. The molecule has 1 unspecified atom stereocenters. The van der Waals surface area contributed by atoms with Crippen LogP contribution in [0.25, 0.3) is 0 Å². The molecular weight excluding hydrogens is 252 g/mol. The van der Waals surface area contributed by atoms with Gasteiger partial charge in [-0.05, 0) is 36.5 Å². The smallest absolute Gasteiger partial charge is 0.156 e. The van der Waals surface area contributed by atoms with E-state index in [0.717, 1.165) is 13.1 Å². The van der Waals surface area contributed by atoms with Gasteiger partial charge in [0.25, 0.3) is 0 Å². The zero-order valence-corrected chi connectivity index (χ0v) is 13.9. The maximum Gasteiger partial charge on any atom is 0.156 e. The van der Waals surface area contributed by atoms with E-state index in [1.807, 2.05) is 11.8 Å². The molecule has 2 rings (SSSR count). The fraction of sp³-hybridized carbons (Fsp3) is 0.938. The first kappa shape index (κ1) is 15.2. The van der Waals surface area contributed by atoms with Crippen molar-refractivity contribution in [1.29, 1.82) is 0 Å². The lowest BCUT2D eigenvalue weighted by molar-refractivity contribution is 0.285. The van der Waals surface area contributed by atoms with Gasteiger partial charge in [0.05, 0.1) is 6.54 Å². The van der Waals surface area contributed by atoms with Gasteiger partial charge in [0.2, 0.25) is 0 Å². The highest BCUT2D eigenvalue weighted by atomic mass is 32.2. The molecule has 0 aromatic heterocycles. The average Bonchev–Trinajstić information content (AvgIpc) is 2.94. The van der Waals surface area contributed by atoms with Crippen LogP contribution in [0.1, 0.15) is 66.2 Å². The molecule has 1 aliphatic heterocycles. The lowest BCUT2D eigenvalue weighted by Gasteiger charge is -2.28. The standard InChI is InChI=1S/C16H30N2S/c1-5-16(8-6-7-9-16)12-18-14-17-11-13(19-14)10-15(2,3)4/h13H,5-12H2,1-4H3,(H,17,18). The summed E-state index contributed by atoms with van der Waals surface area (Å²) in [6, 6.07) is 0. The average molecular weight is 282 g/mol. The molecule has 1 saturated carbocycles. The summed E-state index contributed by atoms with van der Waals surface area (Å²) in [5.74, 6) is 0.